The Morgan fingerprint density at radius 1 is 1.38 bits per heavy atom. The number of alkyl halides is 3. The maximum Gasteiger partial charge on any atom is 0.453 e. The summed E-state index contributed by atoms with van der Waals surface area (Å²) >= 11 is 0. The number of rotatable bonds is 0. The Bertz CT molecular complexity index is 425. The van der Waals surface area contributed by atoms with Crippen molar-refractivity contribution in [1.82, 2.24) is 19.7 Å². The smallest absolute Gasteiger partial charge is 0.334 e. The van der Waals surface area contributed by atoms with Crippen LogP contribution in [-0.2, 0) is 24.1 Å². The van der Waals surface area contributed by atoms with Crippen LogP contribution in [0.4, 0.5) is 13.2 Å². The first-order valence-electron chi connectivity index (χ1n) is 4.64. The third kappa shape index (κ3) is 1.86. The summed E-state index contributed by atoms with van der Waals surface area (Å²) in [5, 5.41) is 3.36. The quantitative estimate of drug-likeness (QED) is 0.662. The highest BCUT2D eigenvalue weighted by molar-refractivity contribution is 5.73. The Kier molecular flexibility index (Phi) is 2.36. The topological polar surface area (TPSA) is 51.0 Å². The fraction of sp³-hybridized carbons (Fsp3) is 0.625. The third-order valence-electron chi connectivity index (χ3n) is 2.36. The first-order chi connectivity index (χ1) is 7.38. The van der Waals surface area contributed by atoms with E-state index in [9.17, 15) is 18.0 Å². The lowest BCUT2D eigenvalue weighted by molar-refractivity contribution is -0.145. The van der Waals surface area contributed by atoms with Crippen molar-refractivity contribution >= 4 is 5.91 Å². The van der Waals surface area contributed by atoms with Gasteiger partial charge in [-0.3, -0.25) is 4.79 Å². The minimum Gasteiger partial charge on any atom is -0.334 e. The van der Waals surface area contributed by atoms with Crippen molar-refractivity contribution in [2.45, 2.75) is 26.2 Å². The second-order valence-electron chi connectivity index (χ2n) is 3.51. The molecule has 88 valence electrons. The summed E-state index contributed by atoms with van der Waals surface area (Å²) in [6.45, 7) is 2.07. The van der Waals surface area contributed by atoms with Gasteiger partial charge in [0.1, 0.15) is 5.82 Å². The molecule has 0 atom stereocenters. The van der Waals surface area contributed by atoms with Gasteiger partial charge in [-0.15, -0.1) is 5.10 Å². The monoisotopic (exact) mass is 234 g/mol. The number of carbonyl (C=O) groups is 1. The summed E-state index contributed by atoms with van der Waals surface area (Å²) in [5.41, 5.74) is 0. The molecule has 2 rings (SSSR count). The number of halogens is 3. The Hall–Kier alpha value is -1.60. The SMILES string of the molecule is CC(=O)N1CCn2nc(C(F)(F)F)nc2C1. The van der Waals surface area contributed by atoms with Gasteiger partial charge < -0.3 is 4.90 Å². The van der Waals surface area contributed by atoms with Crippen molar-refractivity contribution in [3.8, 4) is 0 Å². The first-order valence-corrected chi connectivity index (χ1v) is 4.64. The minimum absolute atomic E-state index is 0.0818. The van der Waals surface area contributed by atoms with E-state index in [0.29, 0.717) is 6.54 Å². The summed E-state index contributed by atoms with van der Waals surface area (Å²) in [6, 6.07) is 0. The Balaban J connectivity index is 2.27. The molecular formula is C8H9F3N4O. The molecule has 0 N–H and O–H groups in total. The molecule has 0 aliphatic carbocycles. The molecule has 0 saturated heterocycles. The fourth-order valence-corrected chi connectivity index (χ4v) is 1.52. The maximum atomic E-state index is 12.3. The van der Waals surface area contributed by atoms with Crippen LogP contribution < -0.4 is 0 Å². The molecule has 0 saturated carbocycles. The number of nitrogens with zero attached hydrogens (tertiary/aromatic N) is 4. The molecule has 1 amide bonds. The van der Waals surface area contributed by atoms with E-state index in [4.69, 9.17) is 0 Å². The van der Waals surface area contributed by atoms with E-state index in [-0.39, 0.29) is 24.8 Å². The number of fused-ring (bicyclic) bond motifs is 1. The summed E-state index contributed by atoms with van der Waals surface area (Å²) in [7, 11) is 0. The zero-order chi connectivity index (χ0) is 11.9. The summed E-state index contributed by atoms with van der Waals surface area (Å²) in [4.78, 5) is 15.9. The maximum absolute atomic E-state index is 12.3. The standard InChI is InChI=1S/C8H9F3N4O/c1-5(16)14-2-3-15-6(4-14)12-7(13-15)8(9,10)11/h2-4H2,1H3. The average molecular weight is 234 g/mol. The second-order valence-corrected chi connectivity index (χ2v) is 3.51. The highest BCUT2D eigenvalue weighted by Gasteiger charge is 2.37. The van der Waals surface area contributed by atoms with Crippen molar-refractivity contribution in [1.29, 1.82) is 0 Å². The molecule has 0 aromatic carbocycles. The van der Waals surface area contributed by atoms with Gasteiger partial charge in [0.15, 0.2) is 0 Å². The normalized spacial score (nSPS) is 16.1. The van der Waals surface area contributed by atoms with Crippen LogP contribution >= 0.6 is 0 Å². The summed E-state index contributed by atoms with van der Waals surface area (Å²) < 4.78 is 38.1. The van der Waals surface area contributed by atoms with Crippen LogP contribution in [0.2, 0.25) is 0 Å². The van der Waals surface area contributed by atoms with Crippen LogP contribution in [0.1, 0.15) is 18.6 Å². The van der Waals surface area contributed by atoms with Crippen LogP contribution in [0.5, 0.6) is 0 Å². The van der Waals surface area contributed by atoms with Crippen LogP contribution in [0.3, 0.4) is 0 Å². The van der Waals surface area contributed by atoms with Crippen LogP contribution in [0, 0.1) is 0 Å². The van der Waals surface area contributed by atoms with Gasteiger partial charge in [0.2, 0.25) is 5.91 Å². The molecule has 0 unspecified atom stereocenters. The Labute approximate surface area is 88.9 Å². The third-order valence-corrected chi connectivity index (χ3v) is 2.36. The van der Waals surface area contributed by atoms with E-state index in [1.165, 1.54) is 16.5 Å². The molecule has 1 aliphatic rings. The summed E-state index contributed by atoms with van der Waals surface area (Å²) in [6.07, 6.45) is -4.54. The number of hydrogen-bond acceptors (Lipinski definition) is 3. The lowest BCUT2D eigenvalue weighted by Crippen LogP contribution is -2.37. The van der Waals surface area contributed by atoms with Crippen molar-refractivity contribution in [3.05, 3.63) is 11.6 Å². The molecule has 1 aromatic rings. The van der Waals surface area contributed by atoms with Crippen molar-refractivity contribution in [2.24, 2.45) is 0 Å². The van der Waals surface area contributed by atoms with Gasteiger partial charge in [-0.05, 0) is 0 Å². The van der Waals surface area contributed by atoms with Crippen molar-refractivity contribution in [3.63, 3.8) is 0 Å². The molecule has 1 aliphatic heterocycles. The van der Waals surface area contributed by atoms with E-state index >= 15 is 0 Å². The van der Waals surface area contributed by atoms with Crippen molar-refractivity contribution < 1.29 is 18.0 Å². The highest BCUT2D eigenvalue weighted by atomic mass is 19.4. The van der Waals surface area contributed by atoms with Gasteiger partial charge in [0, 0.05) is 13.5 Å². The fourth-order valence-electron chi connectivity index (χ4n) is 1.52. The first kappa shape index (κ1) is 10.9. The van der Waals surface area contributed by atoms with Crippen LogP contribution in [-0.4, -0.2) is 32.1 Å². The zero-order valence-corrected chi connectivity index (χ0v) is 8.45. The Morgan fingerprint density at radius 2 is 2.06 bits per heavy atom. The predicted molar refractivity (Wildman–Crippen MR) is 46.1 cm³/mol. The molecule has 0 radical (unpaired) electrons. The number of carbonyl (C=O) groups excluding carboxylic acids is 1. The molecule has 0 spiro atoms. The zero-order valence-electron chi connectivity index (χ0n) is 8.45. The molecule has 5 nitrogen and oxygen atoms in total. The van der Waals surface area contributed by atoms with Crippen LogP contribution in [0.25, 0.3) is 0 Å². The van der Waals surface area contributed by atoms with E-state index in [0.717, 1.165) is 0 Å². The van der Waals surface area contributed by atoms with Gasteiger partial charge in [0.25, 0.3) is 5.82 Å². The van der Waals surface area contributed by atoms with Crippen LogP contribution in [0.15, 0.2) is 0 Å². The number of amides is 1. The van der Waals surface area contributed by atoms with Crippen molar-refractivity contribution in [2.75, 3.05) is 6.54 Å². The minimum atomic E-state index is -4.54. The average Bonchev–Trinajstić information content (AvgIpc) is 2.58. The van der Waals surface area contributed by atoms with E-state index in [1.54, 1.807) is 0 Å². The molecule has 8 heteroatoms. The number of hydrogen-bond donors (Lipinski definition) is 0. The van der Waals surface area contributed by atoms with Gasteiger partial charge in [-0.2, -0.15) is 13.2 Å². The summed E-state index contributed by atoms with van der Waals surface area (Å²) in [5.74, 6) is -1.15. The Morgan fingerprint density at radius 3 is 2.62 bits per heavy atom. The largest absolute Gasteiger partial charge is 0.453 e. The van der Waals surface area contributed by atoms with E-state index in [2.05, 4.69) is 10.1 Å². The molecule has 2 heterocycles. The predicted octanol–water partition coefficient (Wildman–Crippen LogP) is 0.659. The molecule has 1 aromatic heterocycles. The lowest BCUT2D eigenvalue weighted by Gasteiger charge is -2.25. The highest BCUT2D eigenvalue weighted by Crippen LogP contribution is 2.27. The number of aromatic nitrogens is 3. The van der Waals surface area contributed by atoms with Gasteiger partial charge in [-0.1, -0.05) is 0 Å². The van der Waals surface area contributed by atoms with E-state index < -0.39 is 12.0 Å². The van der Waals surface area contributed by atoms with Gasteiger partial charge >= 0.3 is 6.18 Å². The molecular weight excluding hydrogens is 225 g/mol. The van der Waals surface area contributed by atoms with Gasteiger partial charge in [0.05, 0.1) is 13.1 Å². The molecule has 0 fully saturated rings. The molecule has 16 heavy (non-hydrogen) atoms. The van der Waals surface area contributed by atoms with E-state index in [1.807, 2.05) is 0 Å². The lowest BCUT2D eigenvalue weighted by atomic mass is 10.3. The van der Waals surface area contributed by atoms with Gasteiger partial charge in [-0.25, -0.2) is 9.67 Å². The molecule has 0 bridgehead atoms. The second kappa shape index (κ2) is 3.46.